The monoisotopic (exact) mass is 238 g/mol. The summed E-state index contributed by atoms with van der Waals surface area (Å²) in [5.74, 6) is 2.31. The topological polar surface area (TPSA) is 41.1 Å². The fourth-order valence-corrected chi connectivity index (χ4v) is 2.68. The molecule has 0 radical (unpaired) electrons. The van der Waals surface area contributed by atoms with Crippen LogP contribution in [-0.2, 0) is 4.79 Å². The van der Waals surface area contributed by atoms with E-state index in [9.17, 15) is 4.79 Å². The van der Waals surface area contributed by atoms with Crippen molar-refractivity contribution in [3.8, 4) is 0 Å². The maximum atomic E-state index is 11.4. The van der Waals surface area contributed by atoms with E-state index in [4.69, 9.17) is 0 Å². The highest BCUT2D eigenvalue weighted by Crippen LogP contribution is 2.29. The SMILES string of the molecule is C[C@@H]1CC[C@H](NCCNC(=O)C2CC2)C[C@H]1C. The molecule has 2 fully saturated rings. The van der Waals surface area contributed by atoms with Gasteiger partial charge in [-0.05, 0) is 43.9 Å². The molecule has 0 aromatic heterocycles. The lowest BCUT2D eigenvalue weighted by Gasteiger charge is -2.32. The number of hydrogen-bond acceptors (Lipinski definition) is 2. The summed E-state index contributed by atoms with van der Waals surface area (Å²) in [5, 5.41) is 6.58. The number of rotatable bonds is 5. The largest absolute Gasteiger partial charge is 0.355 e. The van der Waals surface area contributed by atoms with E-state index >= 15 is 0 Å². The molecule has 0 aromatic rings. The van der Waals surface area contributed by atoms with Crippen LogP contribution in [0.15, 0.2) is 0 Å². The Kier molecular flexibility index (Phi) is 4.43. The molecule has 2 saturated carbocycles. The van der Waals surface area contributed by atoms with Crippen LogP contribution in [0.25, 0.3) is 0 Å². The van der Waals surface area contributed by atoms with Crippen LogP contribution in [0, 0.1) is 17.8 Å². The summed E-state index contributed by atoms with van der Waals surface area (Å²) in [5.41, 5.74) is 0. The molecule has 17 heavy (non-hydrogen) atoms. The first-order valence-corrected chi connectivity index (χ1v) is 7.18. The van der Waals surface area contributed by atoms with E-state index in [-0.39, 0.29) is 5.91 Å². The van der Waals surface area contributed by atoms with Crippen molar-refractivity contribution in [3.63, 3.8) is 0 Å². The Hall–Kier alpha value is -0.570. The van der Waals surface area contributed by atoms with Crippen molar-refractivity contribution in [2.24, 2.45) is 17.8 Å². The van der Waals surface area contributed by atoms with Crippen molar-refractivity contribution in [3.05, 3.63) is 0 Å². The van der Waals surface area contributed by atoms with Crippen LogP contribution < -0.4 is 10.6 Å². The standard InChI is InChI=1S/C14H26N2O/c1-10-3-6-13(9-11(10)2)15-7-8-16-14(17)12-4-5-12/h10-13,15H,3-9H2,1-2H3,(H,16,17)/t10-,11-,13+/m1/s1. The van der Waals surface area contributed by atoms with E-state index in [1.807, 2.05) is 0 Å². The Morgan fingerprint density at radius 1 is 1.06 bits per heavy atom. The van der Waals surface area contributed by atoms with Gasteiger partial charge in [-0.2, -0.15) is 0 Å². The van der Waals surface area contributed by atoms with Crippen LogP contribution in [0.4, 0.5) is 0 Å². The summed E-state index contributed by atoms with van der Waals surface area (Å²) < 4.78 is 0. The Balaban J connectivity index is 1.54. The van der Waals surface area contributed by atoms with Crippen LogP contribution in [0.5, 0.6) is 0 Å². The quantitative estimate of drug-likeness (QED) is 0.719. The molecule has 3 nitrogen and oxygen atoms in total. The van der Waals surface area contributed by atoms with E-state index in [2.05, 4.69) is 24.5 Å². The van der Waals surface area contributed by atoms with Gasteiger partial charge >= 0.3 is 0 Å². The van der Waals surface area contributed by atoms with Crippen molar-refractivity contribution >= 4 is 5.91 Å². The molecular weight excluding hydrogens is 212 g/mol. The van der Waals surface area contributed by atoms with Gasteiger partial charge in [0.05, 0.1) is 0 Å². The minimum atomic E-state index is 0.262. The molecule has 2 aliphatic rings. The summed E-state index contributed by atoms with van der Waals surface area (Å²) in [7, 11) is 0. The zero-order chi connectivity index (χ0) is 12.3. The molecule has 1 amide bonds. The molecule has 0 unspecified atom stereocenters. The van der Waals surface area contributed by atoms with Gasteiger partial charge in [-0.25, -0.2) is 0 Å². The second kappa shape index (κ2) is 5.85. The molecule has 2 aliphatic carbocycles. The molecule has 3 atom stereocenters. The van der Waals surface area contributed by atoms with Crippen LogP contribution in [0.3, 0.4) is 0 Å². The lowest BCUT2D eigenvalue weighted by molar-refractivity contribution is -0.122. The third kappa shape index (κ3) is 3.98. The highest BCUT2D eigenvalue weighted by atomic mass is 16.2. The van der Waals surface area contributed by atoms with E-state index < -0.39 is 0 Å². The second-order valence-corrected chi connectivity index (χ2v) is 5.98. The number of nitrogens with one attached hydrogen (secondary N) is 2. The third-order valence-electron chi connectivity index (χ3n) is 4.40. The van der Waals surface area contributed by atoms with Crippen LogP contribution >= 0.6 is 0 Å². The molecule has 0 aromatic carbocycles. The van der Waals surface area contributed by atoms with Crippen molar-refractivity contribution in [2.45, 2.75) is 52.0 Å². The van der Waals surface area contributed by atoms with E-state index in [1.54, 1.807) is 0 Å². The Bertz CT molecular complexity index is 263. The van der Waals surface area contributed by atoms with Crippen molar-refractivity contribution in [1.29, 1.82) is 0 Å². The first-order valence-electron chi connectivity index (χ1n) is 7.18. The molecular formula is C14H26N2O. The molecule has 0 aliphatic heterocycles. The van der Waals surface area contributed by atoms with Gasteiger partial charge in [0.2, 0.25) is 5.91 Å². The Morgan fingerprint density at radius 2 is 1.82 bits per heavy atom. The van der Waals surface area contributed by atoms with Gasteiger partial charge in [-0.3, -0.25) is 4.79 Å². The number of carbonyl (C=O) groups is 1. The molecule has 2 N–H and O–H groups in total. The van der Waals surface area contributed by atoms with Crippen molar-refractivity contribution < 1.29 is 4.79 Å². The van der Waals surface area contributed by atoms with Crippen molar-refractivity contribution in [1.82, 2.24) is 10.6 Å². The first-order chi connectivity index (χ1) is 8.16. The van der Waals surface area contributed by atoms with Gasteiger partial charge < -0.3 is 10.6 Å². The van der Waals surface area contributed by atoms with E-state index in [1.165, 1.54) is 19.3 Å². The summed E-state index contributed by atoms with van der Waals surface area (Å²) in [6.07, 6.45) is 6.11. The highest BCUT2D eigenvalue weighted by molar-refractivity contribution is 5.80. The Morgan fingerprint density at radius 3 is 2.47 bits per heavy atom. The lowest BCUT2D eigenvalue weighted by atomic mass is 9.79. The smallest absolute Gasteiger partial charge is 0.223 e. The summed E-state index contributed by atoms with van der Waals surface area (Å²) in [4.78, 5) is 11.4. The van der Waals surface area contributed by atoms with E-state index in [0.717, 1.165) is 37.8 Å². The summed E-state index contributed by atoms with van der Waals surface area (Å²) in [6.45, 7) is 6.42. The predicted octanol–water partition coefficient (Wildman–Crippen LogP) is 1.93. The Labute approximate surface area is 105 Å². The van der Waals surface area contributed by atoms with E-state index in [0.29, 0.717) is 12.0 Å². The van der Waals surface area contributed by atoms with Crippen LogP contribution in [0.1, 0.15) is 46.0 Å². The third-order valence-corrected chi connectivity index (χ3v) is 4.40. The lowest BCUT2D eigenvalue weighted by Crippen LogP contribution is -2.40. The molecule has 98 valence electrons. The number of amides is 1. The molecule has 0 bridgehead atoms. The molecule has 3 heteroatoms. The summed E-state index contributed by atoms with van der Waals surface area (Å²) in [6, 6.07) is 0.666. The van der Waals surface area contributed by atoms with Crippen LogP contribution in [0.2, 0.25) is 0 Å². The summed E-state index contributed by atoms with van der Waals surface area (Å²) >= 11 is 0. The molecule has 0 spiro atoms. The van der Waals surface area contributed by atoms with Crippen LogP contribution in [-0.4, -0.2) is 25.0 Å². The zero-order valence-corrected chi connectivity index (χ0v) is 11.2. The molecule has 0 heterocycles. The fraction of sp³-hybridized carbons (Fsp3) is 0.929. The van der Waals surface area contributed by atoms with Gasteiger partial charge in [0.15, 0.2) is 0 Å². The predicted molar refractivity (Wildman–Crippen MR) is 69.7 cm³/mol. The highest BCUT2D eigenvalue weighted by Gasteiger charge is 2.29. The second-order valence-electron chi connectivity index (χ2n) is 5.98. The average Bonchev–Trinajstić information content (AvgIpc) is 3.13. The number of carbonyl (C=O) groups excluding carboxylic acids is 1. The normalized spacial score (nSPS) is 33.4. The van der Waals surface area contributed by atoms with Gasteiger partial charge in [0, 0.05) is 25.0 Å². The average molecular weight is 238 g/mol. The maximum Gasteiger partial charge on any atom is 0.223 e. The zero-order valence-electron chi connectivity index (χ0n) is 11.2. The first kappa shape index (κ1) is 12.9. The van der Waals surface area contributed by atoms with Gasteiger partial charge in [0.25, 0.3) is 0 Å². The number of hydrogen-bond donors (Lipinski definition) is 2. The molecule has 2 rings (SSSR count). The molecule has 0 saturated heterocycles. The fourth-order valence-electron chi connectivity index (χ4n) is 2.68. The van der Waals surface area contributed by atoms with Gasteiger partial charge in [-0.1, -0.05) is 13.8 Å². The van der Waals surface area contributed by atoms with Crippen molar-refractivity contribution in [2.75, 3.05) is 13.1 Å². The van der Waals surface area contributed by atoms with Gasteiger partial charge in [-0.15, -0.1) is 0 Å². The minimum absolute atomic E-state index is 0.262. The van der Waals surface area contributed by atoms with Gasteiger partial charge in [0.1, 0.15) is 0 Å². The minimum Gasteiger partial charge on any atom is -0.355 e. The maximum absolute atomic E-state index is 11.4.